The summed E-state index contributed by atoms with van der Waals surface area (Å²) in [6, 6.07) is 6.25. The normalized spacial score (nSPS) is 17.4. The van der Waals surface area contributed by atoms with E-state index in [9.17, 15) is 0 Å². The van der Waals surface area contributed by atoms with E-state index in [1.807, 2.05) is 32.2 Å². The van der Waals surface area contributed by atoms with Crippen LogP contribution in [0.5, 0.6) is 11.5 Å². The molecule has 1 aliphatic heterocycles. The van der Waals surface area contributed by atoms with E-state index in [4.69, 9.17) is 14.0 Å². The van der Waals surface area contributed by atoms with Crippen LogP contribution in [0.3, 0.4) is 0 Å². The topological polar surface area (TPSA) is 69.4 Å². The zero-order chi connectivity index (χ0) is 16.2. The van der Waals surface area contributed by atoms with Gasteiger partial charge in [-0.05, 0) is 51.1 Å². The van der Waals surface area contributed by atoms with E-state index >= 15 is 0 Å². The molecule has 7 heteroatoms. The molecule has 2 aromatic rings. The summed E-state index contributed by atoms with van der Waals surface area (Å²) in [5.41, 5.74) is 1.12. The molecule has 1 aromatic carbocycles. The molecule has 0 radical (unpaired) electrons. The van der Waals surface area contributed by atoms with Gasteiger partial charge >= 0.3 is 0 Å². The molecule has 132 valence electrons. The number of aromatic nitrogens is 2. The van der Waals surface area contributed by atoms with Crippen molar-refractivity contribution in [3.63, 3.8) is 0 Å². The van der Waals surface area contributed by atoms with Crippen molar-refractivity contribution in [3.8, 4) is 11.5 Å². The molecule has 0 saturated carbocycles. The Kier molecular flexibility index (Phi) is 6.45. The molecule has 0 bridgehead atoms. The summed E-state index contributed by atoms with van der Waals surface area (Å²) < 4.78 is 16.8. The first-order chi connectivity index (χ1) is 11.2. The fourth-order valence-corrected chi connectivity index (χ4v) is 2.68. The minimum Gasteiger partial charge on any atom is -0.494 e. The smallest absolute Gasteiger partial charge is 0.233 e. The maximum absolute atomic E-state index is 5.84. The van der Waals surface area contributed by atoms with Gasteiger partial charge in [-0.2, -0.15) is 4.98 Å². The van der Waals surface area contributed by atoms with Crippen LogP contribution in [-0.2, 0) is 12.8 Å². The fraction of sp³-hybridized carbons (Fsp3) is 0.529. The molecular weight excluding hydrogens is 330 g/mol. The Bertz CT molecular complexity index is 662. The first-order valence-corrected chi connectivity index (χ1v) is 8.07. The van der Waals surface area contributed by atoms with Crippen molar-refractivity contribution < 1.29 is 14.0 Å². The molecule has 2 unspecified atom stereocenters. The zero-order valence-corrected chi connectivity index (χ0v) is 15.1. The Hall–Kier alpha value is -1.79. The van der Waals surface area contributed by atoms with Crippen LogP contribution in [0.25, 0.3) is 0 Å². The average Bonchev–Trinajstić information content (AvgIpc) is 3.03. The van der Waals surface area contributed by atoms with Gasteiger partial charge in [-0.15, -0.1) is 12.4 Å². The maximum atomic E-state index is 5.84. The molecule has 0 amide bonds. The van der Waals surface area contributed by atoms with Gasteiger partial charge in [0.1, 0.15) is 18.1 Å². The molecule has 1 N–H and O–H groups in total. The van der Waals surface area contributed by atoms with Crippen LogP contribution in [0, 0.1) is 0 Å². The molecule has 24 heavy (non-hydrogen) atoms. The van der Waals surface area contributed by atoms with E-state index < -0.39 is 0 Å². The third-order valence-electron chi connectivity index (χ3n) is 4.06. The number of ether oxygens (including phenoxy) is 2. The van der Waals surface area contributed by atoms with Gasteiger partial charge in [-0.1, -0.05) is 5.16 Å². The second-order valence-corrected chi connectivity index (χ2v) is 5.86. The molecular formula is C17H24ClN3O3. The van der Waals surface area contributed by atoms with Crippen molar-refractivity contribution in [1.82, 2.24) is 15.5 Å². The van der Waals surface area contributed by atoms with Gasteiger partial charge in [0.25, 0.3) is 0 Å². The van der Waals surface area contributed by atoms with E-state index in [0.29, 0.717) is 25.1 Å². The van der Waals surface area contributed by atoms with Gasteiger partial charge in [-0.25, -0.2) is 0 Å². The molecule has 2 heterocycles. The highest BCUT2D eigenvalue weighted by atomic mass is 35.5. The molecule has 0 aliphatic carbocycles. The van der Waals surface area contributed by atoms with E-state index in [0.717, 1.165) is 35.7 Å². The van der Waals surface area contributed by atoms with Gasteiger partial charge in [0.2, 0.25) is 5.89 Å². The first kappa shape index (κ1) is 18.5. The van der Waals surface area contributed by atoms with Gasteiger partial charge in [0.15, 0.2) is 5.82 Å². The molecule has 6 nitrogen and oxygen atoms in total. The SMILES string of the molecule is CCOc1ccc2c(c1)CC(c1nc(CC(C)NC)no1)CO2.Cl. The van der Waals surface area contributed by atoms with Crippen molar-refractivity contribution in [3.05, 3.63) is 35.5 Å². The molecule has 1 aliphatic rings. The molecule has 0 saturated heterocycles. The van der Waals surface area contributed by atoms with Crippen LogP contribution in [0.2, 0.25) is 0 Å². The van der Waals surface area contributed by atoms with Crippen LogP contribution in [0.15, 0.2) is 22.7 Å². The van der Waals surface area contributed by atoms with Gasteiger partial charge in [0, 0.05) is 12.5 Å². The monoisotopic (exact) mass is 353 g/mol. The van der Waals surface area contributed by atoms with Crippen LogP contribution in [0.1, 0.15) is 37.0 Å². The highest BCUT2D eigenvalue weighted by molar-refractivity contribution is 5.85. The molecule has 0 fully saturated rings. The number of hydrogen-bond donors (Lipinski definition) is 1. The Balaban J connectivity index is 0.00000208. The highest BCUT2D eigenvalue weighted by Crippen LogP contribution is 2.34. The third-order valence-corrected chi connectivity index (χ3v) is 4.06. The van der Waals surface area contributed by atoms with E-state index in [-0.39, 0.29) is 18.3 Å². The summed E-state index contributed by atoms with van der Waals surface area (Å²) in [6.07, 6.45) is 1.57. The lowest BCUT2D eigenvalue weighted by molar-refractivity contribution is 0.229. The fourth-order valence-electron chi connectivity index (χ4n) is 2.68. The number of rotatable bonds is 6. The van der Waals surface area contributed by atoms with E-state index in [2.05, 4.69) is 22.4 Å². The predicted octanol–water partition coefficient (Wildman–Crippen LogP) is 2.76. The van der Waals surface area contributed by atoms with Crippen molar-refractivity contribution in [2.45, 2.75) is 38.6 Å². The van der Waals surface area contributed by atoms with Crippen molar-refractivity contribution in [2.75, 3.05) is 20.3 Å². The molecule has 2 atom stereocenters. The van der Waals surface area contributed by atoms with Crippen molar-refractivity contribution in [2.24, 2.45) is 0 Å². The number of fused-ring (bicyclic) bond motifs is 1. The largest absolute Gasteiger partial charge is 0.494 e. The second kappa shape index (κ2) is 8.35. The maximum Gasteiger partial charge on any atom is 0.233 e. The van der Waals surface area contributed by atoms with Crippen molar-refractivity contribution in [1.29, 1.82) is 0 Å². The van der Waals surface area contributed by atoms with Crippen LogP contribution >= 0.6 is 12.4 Å². The molecule has 1 aromatic heterocycles. The van der Waals surface area contributed by atoms with Crippen LogP contribution in [0.4, 0.5) is 0 Å². The lowest BCUT2D eigenvalue weighted by Gasteiger charge is -2.23. The number of halogens is 1. The van der Waals surface area contributed by atoms with Gasteiger partial charge in [0.05, 0.1) is 12.5 Å². The summed E-state index contributed by atoms with van der Waals surface area (Å²) in [7, 11) is 1.92. The summed E-state index contributed by atoms with van der Waals surface area (Å²) in [5, 5.41) is 7.25. The highest BCUT2D eigenvalue weighted by Gasteiger charge is 2.26. The number of hydrogen-bond acceptors (Lipinski definition) is 6. The number of likely N-dealkylation sites (N-methyl/N-ethyl adjacent to an activating group) is 1. The predicted molar refractivity (Wildman–Crippen MR) is 93.3 cm³/mol. The summed E-state index contributed by atoms with van der Waals surface area (Å²) in [6.45, 7) is 5.28. The number of nitrogens with one attached hydrogen (secondary N) is 1. The second-order valence-electron chi connectivity index (χ2n) is 5.86. The Morgan fingerprint density at radius 3 is 3.00 bits per heavy atom. The molecule has 0 spiro atoms. The number of nitrogens with zero attached hydrogens (tertiary/aromatic N) is 2. The lowest BCUT2D eigenvalue weighted by Crippen LogP contribution is -2.24. The minimum atomic E-state index is 0. The van der Waals surface area contributed by atoms with Gasteiger partial charge < -0.3 is 19.3 Å². The van der Waals surface area contributed by atoms with Gasteiger partial charge in [-0.3, -0.25) is 0 Å². The first-order valence-electron chi connectivity index (χ1n) is 8.07. The Morgan fingerprint density at radius 1 is 1.42 bits per heavy atom. The Morgan fingerprint density at radius 2 is 2.25 bits per heavy atom. The molecule has 3 rings (SSSR count). The van der Waals surface area contributed by atoms with E-state index in [1.165, 1.54) is 0 Å². The standard InChI is InChI=1S/C17H23N3O3.ClH/c1-4-21-14-5-6-15-12(9-14)8-13(10-22-15)17-19-16(20-23-17)7-11(2)18-3;/h5-6,9,11,13,18H,4,7-8,10H2,1-3H3;1H. The Labute approximate surface area is 148 Å². The quantitative estimate of drug-likeness (QED) is 0.861. The lowest BCUT2D eigenvalue weighted by atomic mass is 9.96. The van der Waals surface area contributed by atoms with Crippen molar-refractivity contribution >= 4 is 12.4 Å². The van der Waals surface area contributed by atoms with E-state index in [1.54, 1.807) is 0 Å². The average molecular weight is 354 g/mol. The summed E-state index contributed by atoms with van der Waals surface area (Å²) in [5.74, 6) is 3.25. The summed E-state index contributed by atoms with van der Waals surface area (Å²) >= 11 is 0. The number of benzene rings is 1. The van der Waals surface area contributed by atoms with Crippen LogP contribution < -0.4 is 14.8 Å². The van der Waals surface area contributed by atoms with Crippen LogP contribution in [-0.4, -0.2) is 36.4 Å². The zero-order valence-electron chi connectivity index (χ0n) is 14.2. The summed E-state index contributed by atoms with van der Waals surface area (Å²) in [4.78, 5) is 4.52. The third kappa shape index (κ3) is 4.19. The minimum absolute atomic E-state index is 0.